The van der Waals surface area contributed by atoms with Gasteiger partial charge in [0, 0.05) is 25.4 Å². The van der Waals surface area contributed by atoms with Gasteiger partial charge in [-0.15, -0.1) is 0 Å². The van der Waals surface area contributed by atoms with E-state index in [0.29, 0.717) is 18.3 Å². The Hall–Kier alpha value is -2.80. The number of hydrogen-bond donors (Lipinski definition) is 1. The number of benzene rings is 1. The smallest absolute Gasteiger partial charge is 0.222 e. The Kier molecular flexibility index (Phi) is 5.11. The average molecular weight is 368 g/mol. The predicted molar refractivity (Wildman–Crippen MR) is 98.8 cm³/mol. The van der Waals surface area contributed by atoms with E-state index in [9.17, 15) is 4.39 Å². The Balaban J connectivity index is 1.51. The van der Waals surface area contributed by atoms with E-state index in [2.05, 4.69) is 15.5 Å². The van der Waals surface area contributed by atoms with Crippen LogP contribution in [0.5, 0.6) is 0 Å². The summed E-state index contributed by atoms with van der Waals surface area (Å²) in [5.41, 5.74) is 3.50. The van der Waals surface area contributed by atoms with Crippen LogP contribution < -0.4 is 5.32 Å². The maximum atomic E-state index is 13.0. The number of nitrogens with one attached hydrogen (secondary N) is 1. The Morgan fingerprint density at radius 1 is 1.26 bits per heavy atom. The molecule has 1 fully saturated rings. The van der Waals surface area contributed by atoms with Gasteiger partial charge in [-0.25, -0.2) is 14.4 Å². The van der Waals surface area contributed by atoms with Crippen LogP contribution in [0.25, 0.3) is 11.3 Å². The zero-order chi connectivity index (χ0) is 18.6. The zero-order valence-corrected chi connectivity index (χ0v) is 15.1. The second-order valence-corrected chi connectivity index (χ2v) is 6.63. The number of hydrogen-bond acceptors (Lipinski definition) is 6. The number of rotatable bonds is 6. The van der Waals surface area contributed by atoms with Crippen molar-refractivity contribution in [1.82, 2.24) is 15.1 Å². The minimum absolute atomic E-state index is 0.0638. The highest BCUT2D eigenvalue weighted by molar-refractivity contribution is 5.61. The second kappa shape index (κ2) is 7.84. The summed E-state index contributed by atoms with van der Waals surface area (Å²) < 4.78 is 24.2. The normalized spacial score (nSPS) is 16.6. The van der Waals surface area contributed by atoms with Gasteiger partial charge in [0.25, 0.3) is 0 Å². The van der Waals surface area contributed by atoms with E-state index in [4.69, 9.17) is 14.2 Å². The molecule has 140 valence electrons. The fourth-order valence-electron chi connectivity index (χ4n) is 3.17. The van der Waals surface area contributed by atoms with E-state index >= 15 is 0 Å². The van der Waals surface area contributed by atoms with Gasteiger partial charge in [-0.2, -0.15) is 0 Å². The highest BCUT2D eigenvalue weighted by Crippen LogP contribution is 2.34. The van der Waals surface area contributed by atoms with Crippen molar-refractivity contribution in [2.24, 2.45) is 0 Å². The van der Waals surface area contributed by atoms with Crippen molar-refractivity contribution in [3.05, 3.63) is 59.3 Å². The highest BCUT2D eigenvalue weighted by Gasteiger charge is 2.25. The van der Waals surface area contributed by atoms with Crippen LogP contribution in [-0.2, 0) is 11.2 Å². The van der Waals surface area contributed by atoms with E-state index in [1.54, 1.807) is 18.3 Å². The third kappa shape index (κ3) is 4.14. The number of aromatic nitrogens is 3. The fraction of sp³-hybridized carbons (Fsp3) is 0.350. The predicted octanol–water partition coefficient (Wildman–Crippen LogP) is 4.09. The molecule has 1 saturated heterocycles. The van der Waals surface area contributed by atoms with Crippen LogP contribution in [0.3, 0.4) is 0 Å². The summed E-state index contributed by atoms with van der Waals surface area (Å²) in [6.07, 6.45) is 4.38. The molecule has 0 saturated carbocycles. The molecule has 4 rings (SSSR count). The molecule has 1 atom stereocenters. The van der Waals surface area contributed by atoms with Gasteiger partial charge in [0.05, 0.1) is 17.0 Å². The Bertz CT molecular complexity index is 905. The van der Waals surface area contributed by atoms with Gasteiger partial charge < -0.3 is 14.6 Å². The molecule has 6 nitrogen and oxygen atoms in total. The minimum atomic E-state index is -0.227. The zero-order valence-electron chi connectivity index (χ0n) is 15.1. The van der Waals surface area contributed by atoms with Gasteiger partial charge in [-0.05, 0) is 43.9 Å². The summed E-state index contributed by atoms with van der Waals surface area (Å²) in [6.45, 7) is 3.26. The van der Waals surface area contributed by atoms with Gasteiger partial charge in [0.1, 0.15) is 11.9 Å². The monoisotopic (exact) mass is 368 g/mol. The number of anilines is 1. The number of nitrogens with zero attached hydrogens (tertiary/aromatic N) is 3. The first-order valence-electron chi connectivity index (χ1n) is 9.09. The molecule has 2 aromatic heterocycles. The van der Waals surface area contributed by atoms with Gasteiger partial charge >= 0.3 is 0 Å². The summed E-state index contributed by atoms with van der Waals surface area (Å²) in [4.78, 5) is 9.11. The van der Waals surface area contributed by atoms with Crippen LogP contribution in [-0.4, -0.2) is 28.3 Å². The second-order valence-electron chi connectivity index (χ2n) is 6.63. The average Bonchev–Trinajstić information content (AvgIpc) is 3.35. The van der Waals surface area contributed by atoms with Crippen LogP contribution in [0.2, 0.25) is 0 Å². The fourth-order valence-corrected chi connectivity index (χ4v) is 3.17. The van der Waals surface area contributed by atoms with Crippen molar-refractivity contribution in [1.29, 1.82) is 0 Å². The topological polar surface area (TPSA) is 73.1 Å². The lowest BCUT2D eigenvalue weighted by molar-refractivity contribution is 0.109. The van der Waals surface area contributed by atoms with Crippen molar-refractivity contribution >= 4 is 5.95 Å². The quantitative estimate of drug-likeness (QED) is 0.707. The molecule has 0 aliphatic carbocycles. The molecule has 7 heteroatoms. The molecule has 0 bridgehead atoms. The van der Waals surface area contributed by atoms with Gasteiger partial charge in [0.2, 0.25) is 5.95 Å². The number of halogens is 1. The van der Waals surface area contributed by atoms with Crippen molar-refractivity contribution in [3.63, 3.8) is 0 Å². The van der Waals surface area contributed by atoms with Crippen LogP contribution in [0.15, 0.2) is 41.1 Å². The molecule has 27 heavy (non-hydrogen) atoms. The van der Waals surface area contributed by atoms with Crippen LogP contribution in [0.1, 0.15) is 35.9 Å². The highest BCUT2D eigenvalue weighted by atomic mass is 19.1. The van der Waals surface area contributed by atoms with Crippen molar-refractivity contribution in [3.8, 4) is 11.3 Å². The molecule has 1 N–H and O–H groups in total. The first-order chi connectivity index (χ1) is 13.2. The summed E-state index contributed by atoms with van der Waals surface area (Å²) in [7, 11) is 0. The Morgan fingerprint density at radius 3 is 2.81 bits per heavy atom. The van der Waals surface area contributed by atoms with Crippen LogP contribution in [0, 0.1) is 12.7 Å². The van der Waals surface area contributed by atoms with E-state index < -0.39 is 0 Å². The molecule has 3 heterocycles. The first kappa shape index (κ1) is 17.6. The summed E-state index contributed by atoms with van der Waals surface area (Å²) in [6, 6.07) is 8.37. The van der Waals surface area contributed by atoms with Gasteiger partial charge in [-0.3, -0.25) is 0 Å². The van der Waals surface area contributed by atoms with E-state index in [-0.39, 0.29) is 11.9 Å². The van der Waals surface area contributed by atoms with Crippen molar-refractivity contribution in [2.45, 2.75) is 32.3 Å². The van der Waals surface area contributed by atoms with Gasteiger partial charge in [0.15, 0.2) is 5.76 Å². The van der Waals surface area contributed by atoms with E-state index in [1.807, 2.05) is 13.0 Å². The van der Waals surface area contributed by atoms with Crippen molar-refractivity contribution < 1.29 is 13.7 Å². The standard InChI is InChI=1S/C20H21FN4O2/c1-13-11-18(27-25-13)16-12-23-20(24-19(16)17-3-2-10-26-17)22-9-8-14-4-6-15(21)7-5-14/h4-7,11-12,17H,2-3,8-10H2,1H3,(H,22,23,24)/t17-/m1/s1. The summed E-state index contributed by atoms with van der Waals surface area (Å²) in [5.74, 6) is 0.966. The van der Waals surface area contributed by atoms with Gasteiger partial charge in [-0.1, -0.05) is 17.3 Å². The Labute approximate surface area is 156 Å². The molecule has 1 aliphatic heterocycles. The molecule has 0 spiro atoms. The summed E-state index contributed by atoms with van der Waals surface area (Å²) in [5, 5.41) is 7.20. The molecule has 1 aromatic carbocycles. The maximum Gasteiger partial charge on any atom is 0.222 e. The first-order valence-corrected chi connectivity index (χ1v) is 9.09. The molecule has 0 radical (unpaired) electrons. The third-order valence-electron chi connectivity index (χ3n) is 4.56. The molecular formula is C20H21FN4O2. The SMILES string of the molecule is Cc1cc(-c2cnc(NCCc3ccc(F)cc3)nc2[C@H]2CCCO2)on1. The largest absolute Gasteiger partial charge is 0.372 e. The molecular weight excluding hydrogens is 347 g/mol. The van der Waals surface area contributed by atoms with E-state index in [1.165, 1.54) is 12.1 Å². The van der Waals surface area contributed by atoms with Crippen LogP contribution >= 0.6 is 0 Å². The molecule has 0 unspecified atom stereocenters. The lowest BCUT2D eigenvalue weighted by Gasteiger charge is -2.14. The van der Waals surface area contributed by atoms with Crippen molar-refractivity contribution in [2.75, 3.05) is 18.5 Å². The maximum absolute atomic E-state index is 13.0. The minimum Gasteiger partial charge on any atom is -0.372 e. The Morgan fingerprint density at radius 2 is 2.11 bits per heavy atom. The molecule has 0 amide bonds. The number of aryl methyl sites for hydroxylation is 1. The molecule has 3 aromatic rings. The molecule has 1 aliphatic rings. The number of ether oxygens (including phenoxy) is 1. The lowest BCUT2D eigenvalue weighted by Crippen LogP contribution is -2.11. The third-order valence-corrected chi connectivity index (χ3v) is 4.56. The summed E-state index contributed by atoms with van der Waals surface area (Å²) >= 11 is 0. The lowest BCUT2D eigenvalue weighted by atomic mass is 10.1. The van der Waals surface area contributed by atoms with Crippen LogP contribution in [0.4, 0.5) is 10.3 Å². The van der Waals surface area contributed by atoms with E-state index in [0.717, 1.165) is 48.4 Å².